The third-order valence-electron chi connectivity index (χ3n) is 2.80. The maximum atomic E-state index is 11.0. The zero-order chi connectivity index (χ0) is 15.5. The SMILES string of the molecule is CC(=O)N[C@@H]1[C@@H](O)[C@H](O)[C@@H](CO)O[C@@H]1COP(=O)([O-])O. The van der Waals surface area contributed by atoms with E-state index in [4.69, 9.17) is 14.7 Å². The summed E-state index contributed by atoms with van der Waals surface area (Å²) in [6.45, 7) is -0.169. The van der Waals surface area contributed by atoms with Crippen LogP contribution in [0.5, 0.6) is 0 Å². The smallest absolute Gasteiger partial charge is 0.265 e. The first-order valence-electron chi connectivity index (χ1n) is 5.73. The van der Waals surface area contributed by atoms with E-state index >= 15 is 0 Å². The van der Waals surface area contributed by atoms with Gasteiger partial charge in [0.05, 0.1) is 19.3 Å². The van der Waals surface area contributed by atoms with Gasteiger partial charge in [-0.15, -0.1) is 0 Å². The number of carbonyl (C=O) groups excluding carboxylic acids is 1. The second kappa shape index (κ2) is 6.92. The molecule has 0 bridgehead atoms. The van der Waals surface area contributed by atoms with Crippen LogP contribution in [0.25, 0.3) is 0 Å². The second-order valence-corrected chi connectivity index (χ2v) is 5.56. The number of nitrogens with one attached hydrogen (secondary N) is 1. The molecule has 0 saturated carbocycles. The number of hydrogen-bond donors (Lipinski definition) is 5. The van der Waals surface area contributed by atoms with Gasteiger partial charge in [0, 0.05) is 6.92 Å². The van der Waals surface area contributed by atoms with Crippen molar-refractivity contribution < 1.29 is 43.7 Å². The summed E-state index contributed by atoms with van der Waals surface area (Å²) < 4.78 is 19.9. The summed E-state index contributed by atoms with van der Waals surface area (Å²) in [6.07, 6.45) is -5.32. The molecule has 118 valence electrons. The largest absolute Gasteiger partial charge is 0.756 e. The summed E-state index contributed by atoms with van der Waals surface area (Å²) in [5.41, 5.74) is 0. The molecule has 1 unspecified atom stereocenters. The molecule has 1 amide bonds. The zero-order valence-corrected chi connectivity index (χ0v) is 11.5. The third kappa shape index (κ3) is 4.76. The highest BCUT2D eigenvalue weighted by Crippen LogP contribution is 2.32. The Bertz CT molecular complexity index is 386. The molecule has 6 atom stereocenters. The number of phosphoric ester groups is 1. The van der Waals surface area contributed by atoms with E-state index in [0.29, 0.717) is 0 Å². The minimum absolute atomic E-state index is 0.549. The fourth-order valence-corrected chi connectivity index (χ4v) is 2.25. The van der Waals surface area contributed by atoms with Crippen molar-refractivity contribution in [2.45, 2.75) is 37.4 Å². The van der Waals surface area contributed by atoms with E-state index in [9.17, 15) is 24.5 Å². The van der Waals surface area contributed by atoms with Crippen molar-refractivity contribution in [3.05, 3.63) is 0 Å². The summed E-state index contributed by atoms with van der Waals surface area (Å²) in [6, 6.07) is -1.16. The van der Waals surface area contributed by atoms with Crippen LogP contribution < -0.4 is 10.2 Å². The normalized spacial score (nSPS) is 37.2. The standard InChI is InChI=1S/C9H18NO9P/c1-4(12)10-7-6(3-18-20(15,16)17)19-5(2-11)8(13)9(7)14/h5-9,11,13-14H,2-3H2,1H3,(H,10,12)(H2,15,16,17)/p-1/t5-,6-,7+,8-,9-/m1/s1. The van der Waals surface area contributed by atoms with Gasteiger partial charge in [-0.25, -0.2) is 0 Å². The van der Waals surface area contributed by atoms with Crippen molar-refractivity contribution in [1.82, 2.24) is 5.32 Å². The van der Waals surface area contributed by atoms with Gasteiger partial charge in [0.1, 0.15) is 24.4 Å². The molecular weight excluding hydrogens is 297 g/mol. The molecule has 0 radical (unpaired) electrons. The molecule has 5 N–H and O–H groups in total. The molecule has 1 aliphatic heterocycles. The van der Waals surface area contributed by atoms with E-state index in [1.807, 2.05) is 0 Å². The van der Waals surface area contributed by atoms with Gasteiger partial charge in [-0.05, 0) is 0 Å². The summed E-state index contributed by atoms with van der Waals surface area (Å²) in [5, 5.41) is 30.8. The highest BCUT2D eigenvalue weighted by Gasteiger charge is 2.44. The van der Waals surface area contributed by atoms with Crippen LogP contribution in [0, 0.1) is 0 Å². The molecule has 0 spiro atoms. The zero-order valence-electron chi connectivity index (χ0n) is 10.6. The van der Waals surface area contributed by atoms with Gasteiger partial charge in [0.25, 0.3) is 7.82 Å². The average Bonchev–Trinajstić information content (AvgIpc) is 2.32. The Hall–Kier alpha value is -0.580. The first kappa shape index (κ1) is 17.5. The minimum atomic E-state index is -5.01. The Balaban J connectivity index is 2.83. The Morgan fingerprint density at radius 3 is 2.45 bits per heavy atom. The number of phosphoric acid groups is 1. The van der Waals surface area contributed by atoms with E-state index in [-0.39, 0.29) is 0 Å². The Morgan fingerprint density at radius 1 is 1.40 bits per heavy atom. The molecule has 11 heteroatoms. The van der Waals surface area contributed by atoms with Gasteiger partial charge in [0.15, 0.2) is 0 Å². The fraction of sp³-hybridized carbons (Fsp3) is 0.889. The van der Waals surface area contributed by atoms with E-state index in [2.05, 4.69) is 9.84 Å². The van der Waals surface area contributed by atoms with Crippen LogP contribution in [0.3, 0.4) is 0 Å². The molecule has 1 heterocycles. The van der Waals surface area contributed by atoms with Crippen molar-refractivity contribution in [2.24, 2.45) is 0 Å². The van der Waals surface area contributed by atoms with Gasteiger partial charge in [0.2, 0.25) is 5.91 Å². The maximum Gasteiger partial charge on any atom is 0.265 e. The van der Waals surface area contributed by atoms with Crippen LogP contribution in [-0.2, 0) is 18.6 Å². The summed E-state index contributed by atoms with van der Waals surface area (Å²) in [7, 11) is -5.01. The third-order valence-corrected chi connectivity index (χ3v) is 3.28. The number of amides is 1. The van der Waals surface area contributed by atoms with Crippen molar-refractivity contribution in [2.75, 3.05) is 13.2 Å². The summed E-state index contributed by atoms with van der Waals surface area (Å²) >= 11 is 0. The van der Waals surface area contributed by atoms with Crippen molar-refractivity contribution in [1.29, 1.82) is 0 Å². The van der Waals surface area contributed by atoms with E-state index in [1.54, 1.807) is 0 Å². The van der Waals surface area contributed by atoms with Crippen molar-refractivity contribution in [3.8, 4) is 0 Å². The lowest BCUT2D eigenvalue weighted by atomic mass is 9.93. The molecule has 20 heavy (non-hydrogen) atoms. The molecule has 1 saturated heterocycles. The van der Waals surface area contributed by atoms with Crippen molar-refractivity contribution >= 4 is 13.7 Å². The number of ether oxygens (including phenoxy) is 1. The maximum absolute atomic E-state index is 11.0. The average molecular weight is 314 g/mol. The van der Waals surface area contributed by atoms with Gasteiger partial charge in [-0.2, -0.15) is 0 Å². The van der Waals surface area contributed by atoms with Crippen LogP contribution in [-0.4, -0.2) is 69.8 Å². The monoisotopic (exact) mass is 314 g/mol. The summed E-state index contributed by atoms with van der Waals surface area (Å²) in [5.74, 6) is -0.549. The predicted octanol–water partition coefficient (Wildman–Crippen LogP) is -3.55. The lowest BCUT2D eigenvalue weighted by molar-refractivity contribution is -0.232. The van der Waals surface area contributed by atoms with Gasteiger partial charge in [-0.3, -0.25) is 9.36 Å². The molecule has 1 fully saturated rings. The molecule has 0 aliphatic carbocycles. The van der Waals surface area contributed by atoms with E-state index in [0.717, 1.165) is 6.92 Å². The highest BCUT2D eigenvalue weighted by atomic mass is 31.2. The molecule has 0 aromatic heterocycles. The van der Waals surface area contributed by atoms with Crippen LogP contribution in [0.1, 0.15) is 6.92 Å². The molecular formula is C9H17NO9P-. The first-order valence-corrected chi connectivity index (χ1v) is 7.23. The molecule has 0 aromatic rings. The molecule has 10 nitrogen and oxygen atoms in total. The van der Waals surface area contributed by atoms with E-state index < -0.39 is 57.4 Å². The number of hydrogen-bond acceptors (Lipinski definition) is 8. The van der Waals surface area contributed by atoms with Gasteiger partial charge < -0.3 is 39.7 Å². The number of aliphatic hydroxyl groups is 3. The van der Waals surface area contributed by atoms with Crippen LogP contribution in [0.15, 0.2) is 0 Å². The van der Waals surface area contributed by atoms with Crippen LogP contribution >= 0.6 is 7.82 Å². The Kier molecular flexibility index (Phi) is 6.05. The Labute approximate surface area is 114 Å². The number of carbonyl (C=O) groups is 1. The highest BCUT2D eigenvalue weighted by molar-refractivity contribution is 7.44. The quantitative estimate of drug-likeness (QED) is 0.322. The second-order valence-electron chi connectivity index (χ2n) is 4.37. The lowest BCUT2D eigenvalue weighted by Gasteiger charge is -2.42. The van der Waals surface area contributed by atoms with Crippen molar-refractivity contribution in [3.63, 3.8) is 0 Å². The Morgan fingerprint density at radius 2 is 2.00 bits per heavy atom. The molecule has 0 aromatic carbocycles. The van der Waals surface area contributed by atoms with Crippen LogP contribution in [0.2, 0.25) is 0 Å². The van der Waals surface area contributed by atoms with Gasteiger partial charge in [-0.1, -0.05) is 0 Å². The molecule has 1 aliphatic rings. The number of rotatable bonds is 5. The fourth-order valence-electron chi connectivity index (χ4n) is 1.92. The van der Waals surface area contributed by atoms with E-state index in [1.165, 1.54) is 0 Å². The lowest BCUT2D eigenvalue weighted by Crippen LogP contribution is -2.64. The topological polar surface area (TPSA) is 169 Å². The minimum Gasteiger partial charge on any atom is -0.756 e. The predicted molar refractivity (Wildman–Crippen MR) is 61.1 cm³/mol. The van der Waals surface area contributed by atoms with Crippen LogP contribution in [0.4, 0.5) is 0 Å². The number of aliphatic hydroxyl groups excluding tert-OH is 3. The molecule has 1 rings (SSSR count). The first-order chi connectivity index (χ1) is 9.15. The summed E-state index contributed by atoms with van der Waals surface area (Å²) in [4.78, 5) is 30.1. The van der Waals surface area contributed by atoms with Gasteiger partial charge >= 0.3 is 0 Å².